The molecule has 0 fully saturated rings. The number of hydrogen-bond donors (Lipinski definition) is 1. The smallest absolute Gasteiger partial charge is 0.321 e. The molecule has 1 aromatic carbocycles. The number of fused-ring (bicyclic) bond motifs is 1. The molecule has 0 atom stereocenters. The van der Waals surface area contributed by atoms with Gasteiger partial charge in [0.2, 0.25) is 0 Å². The zero-order chi connectivity index (χ0) is 22.9. The maximum atomic E-state index is 13.3. The lowest BCUT2D eigenvalue weighted by Gasteiger charge is -2.17. The monoisotopic (exact) mass is 444 g/mol. The number of rotatable bonds is 6. The fourth-order valence-corrected chi connectivity index (χ4v) is 3.92. The molecule has 31 heavy (non-hydrogen) atoms. The van der Waals surface area contributed by atoms with Crippen LogP contribution in [0.15, 0.2) is 38.6 Å². The van der Waals surface area contributed by atoms with Crippen molar-refractivity contribution < 1.29 is 4.79 Å². The summed E-state index contributed by atoms with van der Waals surface area (Å²) >= 11 is 6.23. The van der Waals surface area contributed by atoms with Crippen molar-refractivity contribution in [3.8, 4) is 0 Å². The van der Waals surface area contributed by atoms with Gasteiger partial charge in [-0.25, -0.2) is 4.79 Å². The number of benzene rings is 1. The van der Waals surface area contributed by atoms with Gasteiger partial charge in [0.25, 0.3) is 17.0 Å². The fraction of sp³-hybridized carbons (Fsp3) is 0.364. The number of amides is 1. The van der Waals surface area contributed by atoms with E-state index in [1.54, 1.807) is 18.2 Å². The number of carbonyl (C=O) groups is 1. The van der Waals surface area contributed by atoms with Crippen molar-refractivity contribution in [1.82, 2.24) is 13.7 Å². The van der Waals surface area contributed by atoms with E-state index in [4.69, 9.17) is 11.6 Å². The molecule has 0 radical (unpaired) electrons. The van der Waals surface area contributed by atoms with Gasteiger partial charge in [-0.15, -0.1) is 0 Å². The van der Waals surface area contributed by atoms with Gasteiger partial charge in [-0.3, -0.25) is 28.1 Å². The molecule has 2 heterocycles. The fourth-order valence-electron chi connectivity index (χ4n) is 3.64. The lowest BCUT2D eigenvalue weighted by molar-refractivity contribution is 0.102. The van der Waals surface area contributed by atoms with E-state index in [-0.39, 0.29) is 23.1 Å². The van der Waals surface area contributed by atoms with Crippen LogP contribution in [0.25, 0.3) is 11.0 Å². The first-order valence-electron chi connectivity index (χ1n) is 10.2. The van der Waals surface area contributed by atoms with Crippen LogP contribution in [0.2, 0.25) is 5.02 Å². The minimum Gasteiger partial charge on any atom is -0.321 e. The Hall–Kier alpha value is -3.13. The molecule has 9 heteroatoms. The zero-order valence-electron chi connectivity index (χ0n) is 18.0. The predicted octanol–water partition coefficient (Wildman–Crippen LogP) is 2.90. The Labute approximate surface area is 183 Å². The summed E-state index contributed by atoms with van der Waals surface area (Å²) in [5.41, 5.74) is -0.244. The summed E-state index contributed by atoms with van der Waals surface area (Å²) in [4.78, 5) is 52.1. The molecule has 2 aromatic heterocycles. The number of nitrogens with one attached hydrogen (secondary N) is 1. The molecule has 3 aromatic rings. The van der Waals surface area contributed by atoms with Crippen LogP contribution in [0, 0.1) is 6.92 Å². The molecule has 3 rings (SSSR count). The van der Waals surface area contributed by atoms with Crippen LogP contribution in [-0.4, -0.2) is 19.6 Å². The molecular formula is C22H25ClN4O4. The van der Waals surface area contributed by atoms with Gasteiger partial charge >= 0.3 is 5.69 Å². The van der Waals surface area contributed by atoms with E-state index >= 15 is 0 Å². The van der Waals surface area contributed by atoms with E-state index in [1.807, 2.05) is 20.8 Å². The first kappa shape index (κ1) is 22.6. The number of hydrogen-bond acceptors (Lipinski definition) is 4. The summed E-state index contributed by atoms with van der Waals surface area (Å²) in [6.07, 6.45) is 1.18. The third-order valence-electron chi connectivity index (χ3n) is 5.09. The summed E-state index contributed by atoms with van der Waals surface area (Å²) in [5, 5.41) is 3.06. The van der Waals surface area contributed by atoms with E-state index in [9.17, 15) is 19.2 Å². The molecule has 1 N–H and O–H groups in total. The maximum Gasteiger partial charge on any atom is 0.332 e. The second kappa shape index (κ2) is 8.93. The minimum absolute atomic E-state index is 0.0318. The summed E-state index contributed by atoms with van der Waals surface area (Å²) in [7, 11) is 1.50. The number of carbonyl (C=O) groups excluding carboxylic acids is 1. The first-order chi connectivity index (χ1) is 14.7. The van der Waals surface area contributed by atoms with Gasteiger partial charge in [-0.05, 0) is 37.5 Å². The van der Waals surface area contributed by atoms with Gasteiger partial charge in [0.05, 0.1) is 21.7 Å². The second-order valence-corrected chi connectivity index (χ2v) is 7.89. The molecule has 8 nitrogen and oxygen atoms in total. The van der Waals surface area contributed by atoms with Gasteiger partial charge in [0.1, 0.15) is 5.65 Å². The summed E-state index contributed by atoms with van der Waals surface area (Å²) in [5.74, 6) is -0.643. The molecule has 0 saturated carbocycles. The highest BCUT2D eigenvalue weighted by atomic mass is 35.5. The van der Waals surface area contributed by atoms with Gasteiger partial charge in [0, 0.05) is 26.2 Å². The highest BCUT2D eigenvalue weighted by Crippen LogP contribution is 2.24. The summed E-state index contributed by atoms with van der Waals surface area (Å²) < 4.78 is 3.72. The molecular weight excluding hydrogens is 420 g/mol. The SMILES string of the molecule is CCCn1c(=O)c2c(C(=O)Nc3ccc(C)cc3Cl)cc(=O)n(CCC)c2n(C)c1=O. The van der Waals surface area contributed by atoms with Crippen molar-refractivity contribution in [3.05, 3.63) is 71.6 Å². The molecule has 0 unspecified atom stereocenters. The Morgan fingerprint density at radius 3 is 2.29 bits per heavy atom. The van der Waals surface area contributed by atoms with E-state index in [1.165, 1.54) is 16.2 Å². The topological polar surface area (TPSA) is 95.1 Å². The number of aromatic nitrogens is 3. The van der Waals surface area contributed by atoms with Gasteiger partial charge in [0.15, 0.2) is 0 Å². The first-order valence-corrected chi connectivity index (χ1v) is 10.5. The number of nitrogens with zero attached hydrogens (tertiary/aromatic N) is 3. The highest BCUT2D eigenvalue weighted by Gasteiger charge is 2.23. The third-order valence-corrected chi connectivity index (χ3v) is 5.40. The Bertz CT molecular complexity index is 1350. The van der Waals surface area contributed by atoms with Gasteiger partial charge in [-0.2, -0.15) is 0 Å². The highest BCUT2D eigenvalue weighted by molar-refractivity contribution is 6.34. The van der Waals surface area contributed by atoms with E-state index in [2.05, 4.69) is 5.32 Å². The molecule has 0 bridgehead atoms. The number of aryl methyl sites for hydroxylation is 3. The molecule has 0 spiro atoms. The largest absolute Gasteiger partial charge is 0.332 e. The van der Waals surface area contributed by atoms with Crippen LogP contribution in [0.4, 0.5) is 5.69 Å². The average Bonchev–Trinajstić information content (AvgIpc) is 2.72. The lowest BCUT2D eigenvalue weighted by atomic mass is 10.1. The van der Waals surface area contributed by atoms with Crippen LogP contribution in [0.3, 0.4) is 0 Å². The van der Waals surface area contributed by atoms with Crippen molar-refractivity contribution >= 4 is 34.2 Å². The Balaban J connectivity index is 2.34. The zero-order valence-corrected chi connectivity index (χ0v) is 18.7. The average molecular weight is 445 g/mol. The molecule has 0 aliphatic carbocycles. The second-order valence-electron chi connectivity index (χ2n) is 7.48. The molecule has 1 amide bonds. The normalized spacial score (nSPS) is 11.1. The predicted molar refractivity (Wildman–Crippen MR) is 122 cm³/mol. The minimum atomic E-state index is -0.643. The Kier molecular flexibility index (Phi) is 6.50. The Morgan fingerprint density at radius 2 is 1.68 bits per heavy atom. The maximum absolute atomic E-state index is 13.3. The van der Waals surface area contributed by atoms with Crippen LogP contribution in [0.1, 0.15) is 42.6 Å². The van der Waals surface area contributed by atoms with Crippen molar-refractivity contribution in [3.63, 3.8) is 0 Å². The molecule has 164 valence electrons. The van der Waals surface area contributed by atoms with E-state index in [0.29, 0.717) is 30.1 Å². The van der Waals surface area contributed by atoms with E-state index < -0.39 is 22.7 Å². The van der Waals surface area contributed by atoms with Gasteiger partial charge in [-0.1, -0.05) is 31.5 Å². The molecule has 0 saturated heterocycles. The van der Waals surface area contributed by atoms with Gasteiger partial charge < -0.3 is 5.32 Å². The van der Waals surface area contributed by atoms with Crippen LogP contribution in [-0.2, 0) is 20.1 Å². The molecule has 0 aliphatic rings. The number of pyridine rings is 1. The van der Waals surface area contributed by atoms with Crippen molar-refractivity contribution in [2.24, 2.45) is 7.05 Å². The van der Waals surface area contributed by atoms with Crippen molar-refractivity contribution in [2.45, 2.75) is 46.7 Å². The van der Waals surface area contributed by atoms with Crippen molar-refractivity contribution in [2.75, 3.05) is 5.32 Å². The third kappa shape index (κ3) is 4.07. The standard InChI is InChI=1S/C22H25ClN4O4/c1-5-9-26-17(28)12-14(19(29)24-16-8-7-13(3)11-15(16)23)18-20(26)25(4)22(31)27(10-6-2)21(18)30/h7-8,11-12H,5-6,9-10H2,1-4H3,(H,24,29). The summed E-state index contributed by atoms with van der Waals surface area (Å²) in [6, 6.07) is 6.29. The van der Waals surface area contributed by atoms with E-state index in [0.717, 1.165) is 16.2 Å². The number of anilines is 1. The van der Waals surface area contributed by atoms with Crippen molar-refractivity contribution in [1.29, 1.82) is 0 Å². The van der Waals surface area contributed by atoms with Crippen LogP contribution < -0.4 is 22.1 Å². The lowest BCUT2D eigenvalue weighted by Crippen LogP contribution is -2.42. The summed E-state index contributed by atoms with van der Waals surface area (Å²) in [6.45, 7) is 6.12. The number of halogens is 1. The van der Waals surface area contributed by atoms with Crippen LogP contribution in [0.5, 0.6) is 0 Å². The quantitative estimate of drug-likeness (QED) is 0.632. The Morgan fingerprint density at radius 1 is 1.03 bits per heavy atom. The molecule has 0 aliphatic heterocycles. The van der Waals surface area contributed by atoms with Crippen LogP contribution >= 0.6 is 11.6 Å².